The van der Waals surface area contributed by atoms with Gasteiger partial charge in [-0.1, -0.05) is 0 Å². The molecule has 0 atom stereocenters. The number of Topliss-reactive ketones (excluding diaryl/α,β-unsaturated/α-hetero) is 1. The van der Waals surface area contributed by atoms with Crippen molar-refractivity contribution in [2.45, 2.75) is 13.1 Å². The van der Waals surface area contributed by atoms with Gasteiger partial charge in [-0.15, -0.1) is 0 Å². The van der Waals surface area contributed by atoms with Gasteiger partial charge in [-0.3, -0.25) is 4.79 Å². The minimum atomic E-state index is -4.63. The molecular weight excluding hydrogens is 334 g/mol. The van der Waals surface area contributed by atoms with E-state index in [2.05, 4.69) is 0 Å². The molecule has 0 bridgehead atoms. The Morgan fingerprint density at radius 3 is 2.38 bits per heavy atom. The number of ketones is 1. The highest BCUT2D eigenvalue weighted by Gasteiger charge is 2.37. The number of carbonyl (C=O) groups is 1. The van der Waals surface area contributed by atoms with Crippen LogP contribution in [0.3, 0.4) is 0 Å². The molecule has 0 heterocycles. The van der Waals surface area contributed by atoms with Crippen LogP contribution in [0, 0.1) is 14.9 Å². The van der Waals surface area contributed by atoms with E-state index in [1.807, 2.05) is 0 Å². The molecule has 0 spiro atoms. The molecule has 0 radical (unpaired) electrons. The molecule has 84 valence electrons. The second-order valence-corrected chi connectivity index (χ2v) is 4.17. The maximum absolute atomic E-state index is 12.7. The number of carbonyl (C=O) groups excluding carboxylic acids is 1. The molecule has 0 saturated heterocycles. The molecular formula is C10H5F3INO. The summed E-state index contributed by atoms with van der Waals surface area (Å²) in [6, 6.07) is 3.86. The van der Waals surface area contributed by atoms with Crippen molar-refractivity contribution >= 4 is 28.4 Å². The van der Waals surface area contributed by atoms with E-state index in [0.717, 1.165) is 6.92 Å². The number of nitriles is 1. The van der Waals surface area contributed by atoms with Crippen molar-refractivity contribution in [3.05, 3.63) is 32.4 Å². The van der Waals surface area contributed by atoms with Crippen LogP contribution in [-0.2, 0) is 6.18 Å². The molecule has 6 heteroatoms. The molecule has 2 nitrogen and oxygen atoms in total. The van der Waals surface area contributed by atoms with E-state index >= 15 is 0 Å². The number of halogens is 4. The van der Waals surface area contributed by atoms with Gasteiger partial charge in [0.2, 0.25) is 0 Å². The molecule has 0 N–H and O–H groups in total. The van der Waals surface area contributed by atoms with Crippen molar-refractivity contribution in [2.75, 3.05) is 0 Å². The predicted molar refractivity (Wildman–Crippen MR) is 58.9 cm³/mol. The second-order valence-electron chi connectivity index (χ2n) is 3.01. The number of alkyl halides is 3. The van der Waals surface area contributed by atoms with Crippen molar-refractivity contribution in [2.24, 2.45) is 0 Å². The number of hydrogen-bond donors (Lipinski definition) is 0. The summed E-state index contributed by atoms with van der Waals surface area (Å²) in [5.74, 6) is -0.557. The van der Waals surface area contributed by atoms with Crippen molar-refractivity contribution < 1.29 is 18.0 Å². The summed E-state index contributed by atoms with van der Waals surface area (Å²) in [6.07, 6.45) is -4.63. The van der Waals surface area contributed by atoms with Gasteiger partial charge in [0.15, 0.2) is 5.78 Å². The lowest BCUT2D eigenvalue weighted by Crippen LogP contribution is -2.13. The van der Waals surface area contributed by atoms with Gasteiger partial charge in [0.25, 0.3) is 0 Å². The maximum atomic E-state index is 12.7. The summed E-state index contributed by atoms with van der Waals surface area (Å²) in [6.45, 7) is 1.13. The zero-order valence-electron chi connectivity index (χ0n) is 8.02. The summed E-state index contributed by atoms with van der Waals surface area (Å²) in [5, 5.41) is 8.73. The van der Waals surface area contributed by atoms with Gasteiger partial charge in [0.05, 0.1) is 11.1 Å². The van der Waals surface area contributed by atoms with Gasteiger partial charge >= 0.3 is 6.18 Å². The van der Waals surface area contributed by atoms with E-state index in [9.17, 15) is 18.0 Å². The Kier molecular flexibility index (Phi) is 3.57. The van der Waals surface area contributed by atoms with Gasteiger partial charge in [0, 0.05) is 9.13 Å². The van der Waals surface area contributed by atoms with Crippen LogP contribution in [0.1, 0.15) is 28.4 Å². The molecule has 1 rings (SSSR count). The highest BCUT2D eigenvalue weighted by atomic mass is 127. The minimum Gasteiger partial charge on any atom is -0.294 e. The molecule has 0 aliphatic carbocycles. The summed E-state index contributed by atoms with van der Waals surface area (Å²) < 4.78 is 37.9. The number of rotatable bonds is 1. The van der Waals surface area contributed by atoms with Crippen LogP contribution >= 0.6 is 22.6 Å². The van der Waals surface area contributed by atoms with E-state index in [0.29, 0.717) is 0 Å². The van der Waals surface area contributed by atoms with Gasteiger partial charge in [-0.2, -0.15) is 18.4 Å². The average Bonchev–Trinajstić information content (AvgIpc) is 2.14. The lowest BCUT2D eigenvalue weighted by atomic mass is 9.99. The quantitative estimate of drug-likeness (QED) is 0.581. The van der Waals surface area contributed by atoms with Gasteiger partial charge in [-0.25, -0.2) is 0 Å². The Morgan fingerprint density at radius 1 is 1.44 bits per heavy atom. The Balaban J connectivity index is 3.66. The van der Waals surface area contributed by atoms with Crippen LogP contribution in [0.5, 0.6) is 0 Å². The first-order valence-electron chi connectivity index (χ1n) is 4.09. The number of hydrogen-bond acceptors (Lipinski definition) is 2. The SMILES string of the molecule is CC(=O)c1ccc(I)c(C(F)(F)F)c1C#N. The zero-order chi connectivity index (χ0) is 12.5. The largest absolute Gasteiger partial charge is 0.418 e. The van der Waals surface area contributed by atoms with Crippen LogP contribution in [0.4, 0.5) is 13.2 Å². The minimum absolute atomic E-state index is 0.0911. The van der Waals surface area contributed by atoms with Gasteiger partial charge in [-0.05, 0) is 41.6 Å². The fourth-order valence-corrected chi connectivity index (χ4v) is 2.02. The molecule has 0 aliphatic rings. The molecule has 0 aromatic heterocycles. The molecule has 0 aliphatic heterocycles. The van der Waals surface area contributed by atoms with Crippen LogP contribution in [-0.4, -0.2) is 5.78 Å². The summed E-state index contributed by atoms with van der Waals surface area (Å²) in [5.41, 5.74) is -1.84. The smallest absolute Gasteiger partial charge is 0.294 e. The van der Waals surface area contributed by atoms with Crippen LogP contribution in [0.15, 0.2) is 12.1 Å². The molecule has 16 heavy (non-hydrogen) atoms. The Labute approximate surface area is 103 Å². The molecule has 0 amide bonds. The monoisotopic (exact) mass is 339 g/mol. The Bertz CT molecular complexity index is 488. The second kappa shape index (κ2) is 4.41. The first kappa shape index (κ1) is 13.0. The van der Waals surface area contributed by atoms with Crippen LogP contribution in [0.25, 0.3) is 0 Å². The van der Waals surface area contributed by atoms with Crippen molar-refractivity contribution in [1.82, 2.24) is 0 Å². The molecule has 1 aromatic carbocycles. The fraction of sp³-hybridized carbons (Fsp3) is 0.200. The first-order valence-corrected chi connectivity index (χ1v) is 5.17. The number of benzene rings is 1. The van der Waals surface area contributed by atoms with Crippen molar-refractivity contribution in [3.8, 4) is 6.07 Å². The van der Waals surface area contributed by atoms with Gasteiger partial charge < -0.3 is 0 Å². The maximum Gasteiger partial charge on any atom is 0.418 e. The van der Waals surface area contributed by atoms with E-state index in [1.165, 1.54) is 40.8 Å². The first-order chi connectivity index (χ1) is 7.29. The topological polar surface area (TPSA) is 40.9 Å². The molecule has 0 unspecified atom stereocenters. The van der Waals surface area contributed by atoms with E-state index < -0.39 is 23.1 Å². The highest BCUT2D eigenvalue weighted by molar-refractivity contribution is 14.1. The van der Waals surface area contributed by atoms with Crippen LogP contribution in [0.2, 0.25) is 0 Å². The van der Waals surface area contributed by atoms with Crippen LogP contribution < -0.4 is 0 Å². The van der Waals surface area contributed by atoms with E-state index in [4.69, 9.17) is 5.26 Å². The lowest BCUT2D eigenvalue weighted by Gasteiger charge is -2.12. The highest BCUT2D eigenvalue weighted by Crippen LogP contribution is 2.36. The summed E-state index contributed by atoms with van der Waals surface area (Å²) >= 11 is 1.49. The Morgan fingerprint density at radius 2 is 2.00 bits per heavy atom. The Hall–Kier alpha value is -1.10. The van der Waals surface area contributed by atoms with Crippen molar-refractivity contribution in [1.29, 1.82) is 5.26 Å². The molecule has 1 aromatic rings. The summed E-state index contributed by atoms with van der Waals surface area (Å²) in [7, 11) is 0. The van der Waals surface area contributed by atoms with Gasteiger partial charge in [0.1, 0.15) is 6.07 Å². The molecule has 0 saturated carbocycles. The summed E-state index contributed by atoms with van der Waals surface area (Å²) in [4.78, 5) is 11.1. The third-order valence-electron chi connectivity index (χ3n) is 1.93. The van der Waals surface area contributed by atoms with E-state index in [1.54, 1.807) is 0 Å². The third-order valence-corrected chi connectivity index (χ3v) is 2.83. The molecule has 0 fully saturated rings. The van der Waals surface area contributed by atoms with E-state index in [-0.39, 0.29) is 9.13 Å². The fourth-order valence-electron chi connectivity index (χ4n) is 1.26. The third kappa shape index (κ3) is 2.35. The lowest BCUT2D eigenvalue weighted by molar-refractivity contribution is -0.138. The average molecular weight is 339 g/mol. The standard InChI is InChI=1S/C10H5F3INO/c1-5(16)6-2-3-8(14)9(7(6)4-15)10(11,12)13/h2-3H,1H3. The zero-order valence-corrected chi connectivity index (χ0v) is 10.2. The predicted octanol–water partition coefficient (Wildman–Crippen LogP) is 3.38. The van der Waals surface area contributed by atoms with Crippen molar-refractivity contribution in [3.63, 3.8) is 0 Å². The normalized spacial score (nSPS) is 11.0. The number of nitrogens with zero attached hydrogens (tertiary/aromatic N) is 1.